The van der Waals surface area contributed by atoms with E-state index in [4.69, 9.17) is 14.5 Å². The average molecular weight is 746 g/mol. The van der Waals surface area contributed by atoms with Crippen molar-refractivity contribution in [2.75, 3.05) is 18.4 Å². The number of pyridine rings is 1. The predicted molar refractivity (Wildman–Crippen MR) is 206 cm³/mol. The molecule has 6 aromatic rings. The van der Waals surface area contributed by atoms with E-state index >= 15 is 4.39 Å². The van der Waals surface area contributed by atoms with Gasteiger partial charge in [0.25, 0.3) is 0 Å². The lowest BCUT2D eigenvalue weighted by molar-refractivity contribution is 0.0783. The van der Waals surface area contributed by atoms with Gasteiger partial charge in [-0.05, 0) is 71.7 Å². The fraction of sp³-hybridized carbons (Fsp3) is 0.238. The van der Waals surface area contributed by atoms with E-state index in [1.54, 1.807) is 71.9 Å². The highest BCUT2D eigenvalue weighted by Crippen LogP contribution is 2.38. The Morgan fingerprint density at radius 2 is 1.59 bits per heavy atom. The summed E-state index contributed by atoms with van der Waals surface area (Å²) in [5, 5.41) is 4.41. The maximum absolute atomic E-state index is 15.4. The molecule has 0 bridgehead atoms. The molecule has 1 amide bonds. The van der Waals surface area contributed by atoms with Crippen LogP contribution >= 0.6 is 0 Å². The van der Waals surface area contributed by atoms with E-state index in [1.165, 1.54) is 6.07 Å². The van der Waals surface area contributed by atoms with Crippen LogP contribution in [0.3, 0.4) is 0 Å². The Hall–Kier alpha value is -5.88. The zero-order valence-electron chi connectivity index (χ0n) is 30.0. The van der Waals surface area contributed by atoms with E-state index in [1.807, 2.05) is 49.4 Å². The number of nitrogens with zero attached hydrogens (tertiary/aromatic N) is 4. The first-order valence-corrected chi connectivity index (χ1v) is 19.6. The SMILES string of the molecule is Cc1ccc2c(CS(=O)(=O)Cc3ccccc3)c(F)ccc2c1Oc1ncccc1-c1ccnc(N[C@H]2C[C@@H](C)CN(C(=O)OCc3ccccc3)C2)n1. The molecule has 12 heteroatoms. The van der Waals surface area contributed by atoms with Crippen molar-refractivity contribution in [2.24, 2.45) is 5.92 Å². The molecule has 0 radical (unpaired) electrons. The zero-order valence-corrected chi connectivity index (χ0v) is 30.8. The number of anilines is 1. The number of hydrogen-bond donors (Lipinski definition) is 1. The number of likely N-dealkylation sites (tertiary alicyclic amines) is 1. The summed E-state index contributed by atoms with van der Waals surface area (Å²) in [7, 11) is -3.70. The number of amides is 1. The molecule has 2 atom stereocenters. The van der Waals surface area contributed by atoms with E-state index in [-0.39, 0.29) is 41.9 Å². The Bertz CT molecular complexity index is 2380. The molecule has 54 heavy (non-hydrogen) atoms. The van der Waals surface area contributed by atoms with Gasteiger partial charge in [0.05, 0.1) is 22.8 Å². The lowest BCUT2D eigenvalue weighted by Gasteiger charge is -2.36. The number of benzene rings is 4. The van der Waals surface area contributed by atoms with Gasteiger partial charge >= 0.3 is 6.09 Å². The quantitative estimate of drug-likeness (QED) is 0.139. The van der Waals surface area contributed by atoms with Crippen LogP contribution in [0.4, 0.5) is 15.1 Å². The van der Waals surface area contributed by atoms with Crippen LogP contribution in [0.25, 0.3) is 22.0 Å². The number of sulfone groups is 1. The summed E-state index contributed by atoms with van der Waals surface area (Å²) in [6, 6.07) is 30.1. The van der Waals surface area contributed by atoms with E-state index in [9.17, 15) is 13.2 Å². The summed E-state index contributed by atoms with van der Waals surface area (Å²) >= 11 is 0. The summed E-state index contributed by atoms with van der Waals surface area (Å²) in [4.78, 5) is 28.5. The molecule has 2 aromatic heterocycles. The second-order valence-corrected chi connectivity index (χ2v) is 15.8. The molecule has 1 saturated heterocycles. The third kappa shape index (κ3) is 8.66. The maximum Gasteiger partial charge on any atom is 0.410 e. The molecular formula is C42H40FN5O5S. The fourth-order valence-electron chi connectivity index (χ4n) is 6.84. The van der Waals surface area contributed by atoms with Crippen LogP contribution in [0.5, 0.6) is 11.6 Å². The number of rotatable bonds is 11. The van der Waals surface area contributed by atoms with Gasteiger partial charge in [0.2, 0.25) is 11.8 Å². The van der Waals surface area contributed by atoms with E-state index in [0.717, 1.165) is 17.5 Å². The van der Waals surface area contributed by atoms with Crippen LogP contribution in [0.2, 0.25) is 0 Å². The highest BCUT2D eigenvalue weighted by Gasteiger charge is 2.29. The molecule has 1 fully saturated rings. The van der Waals surface area contributed by atoms with Crippen LogP contribution in [0.1, 0.15) is 35.6 Å². The number of carbonyl (C=O) groups excluding carboxylic acids is 1. The Balaban J connectivity index is 1.10. The molecule has 1 aliphatic heterocycles. The van der Waals surface area contributed by atoms with Crippen molar-refractivity contribution in [3.8, 4) is 22.9 Å². The number of fused-ring (bicyclic) bond motifs is 1. The lowest BCUT2D eigenvalue weighted by Crippen LogP contribution is -2.48. The van der Waals surface area contributed by atoms with Crippen molar-refractivity contribution in [2.45, 2.75) is 44.4 Å². The minimum atomic E-state index is -3.70. The van der Waals surface area contributed by atoms with Crippen molar-refractivity contribution in [3.05, 3.63) is 144 Å². The molecule has 10 nitrogen and oxygen atoms in total. The third-order valence-electron chi connectivity index (χ3n) is 9.35. The average Bonchev–Trinajstić information content (AvgIpc) is 3.16. The number of halogens is 1. The molecule has 276 valence electrons. The normalized spacial score (nSPS) is 15.9. The van der Waals surface area contributed by atoms with Crippen LogP contribution in [-0.4, -0.2) is 53.5 Å². The molecule has 1 aliphatic rings. The predicted octanol–water partition coefficient (Wildman–Crippen LogP) is 8.51. The summed E-state index contributed by atoms with van der Waals surface area (Å²) in [5.74, 6) is 0.0293. The van der Waals surface area contributed by atoms with Crippen LogP contribution in [0.15, 0.2) is 116 Å². The van der Waals surface area contributed by atoms with Crippen molar-refractivity contribution in [3.63, 3.8) is 0 Å². The smallest absolute Gasteiger partial charge is 0.410 e. The number of hydrogen-bond acceptors (Lipinski definition) is 9. The summed E-state index contributed by atoms with van der Waals surface area (Å²) in [6.45, 7) is 5.19. The first-order valence-electron chi connectivity index (χ1n) is 17.8. The topological polar surface area (TPSA) is 124 Å². The highest BCUT2D eigenvalue weighted by molar-refractivity contribution is 7.89. The molecular weight excluding hydrogens is 706 g/mol. The van der Waals surface area contributed by atoms with Gasteiger partial charge in [-0.15, -0.1) is 0 Å². The molecule has 0 saturated carbocycles. The molecule has 0 aliphatic carbocycles. The first-order chi connectivity index (χ1) is 26.1. The lowest BCUT2D eigenvalue weighted by atomic mass is 9.96. The Kier molecular flexibility index (Phi) is 10.8. The van der Waals surface area contributed by atoms with Crippen molar-refractivity contribution < 1.29 is 27.1 Å². The third-order valence-corrected chi connectivity index (χ3v) is 10.9. The van der Waals surface area contributed by atoms with Crippen LogP contribution < -0.4 is 10.1 Å². The largest absolute Gasteiger partial charge is 0.445 e. The van der Waals surface area contributed by atoms with Crippen molar-refractivity contribution in [1.82, 2.24) is 19.9 Å². The van der Waals surface area contributed by atoms with E-state index in [2.05, 4.69) is 22.2 Å². The molecule has 1 N–H and O–H groups in total. The second kappa shape index (κ2) is 16.0. The van der Waals surface area contributed by atoms with Gasteiger partial charge in [-0.1, -0.05) is 79.7 Å². The van der Waals surface area contributed by atoms with Crippen molar-refractivity contribution in [1.29, 1.82) is 0 Å². The molecule has 0 spiro atoms. The van der Waals surface area contributed by atoms with Crippen molar-refractivity contribution >= 4 is 32.7 Å². The van der Waals surface area contributed by atoms with Gasteiger partial charge in [0.1, 0.15) is 18.2 Å². The van der Waals surface area contributed by atoms with E-state index in [0.29, 0.717) is 52.4 Å². The van der Waals surface area contributed by atoms with Gasteiger partial charge in [0, 0.05) is 42.5 Å². The summed E-state index contributed by atoms with van der Waals surface area (Å²) in [6.07, 6.45) is 3.70. The van der Waals surface area contributed by atoms with Gasteiger partial charge < -0.3 is 19.7 Å². The molecule has 4 aromatic carbocycles. The monoisotopic (exact) mass is 745 g/mol. The zero-order chi connectivity index (χ0) is 37.7. The molecule has 7 rings (SSSR count). The maximum atomic E-state index is 15.4. The van der Waals surface area contributed by atoms with Gasteiger partial charge in [-0.2, -0.15) is 0 Å². The Morgan fingerprint density at radius 3 is 2.37 bits per heavy atom. The number of ether oxygens (including phenoxy) is 2. The van der Waals surface area contributed by atoms with E-state index < -0.39 is 21.4 Å². The summed E-state index contributed by atoms with van der Waals surface area (Å²) < 4.78 is 54.0. The minimum absolute atomic E-state index is 0.0843. The highest BCUT2D eigenvalue weighted by atomic mass is 32.2. The minimum Gasteiger partial charge on any atom is -0.445 e. The second-order valence-electron chi connectivity index (χ2n) is 13.7. The summed E-state index contributed by atoms with van der Waals surface area (Å²) in [5.41, 5.74) is 3.55. The fourth-order valence-corrected chi connectivity index (χ4v) is 8.38. The standard InChI is InChI=1S/C42H40FN5O5S/c1-28-22-32(24-48(23-28)42(49)52-25-30-10-5-3-6-11-30)46-41-45-21-19-38(47-41)35-14-9-20-44-40(35)53-39-29(2)15-16-33-34(39)17-18-37(43)36(33)27-54(50,51)26-31-12-7-4-8-13-31/h3-21,28,32H,22-27H2,1-2H3,(H,45,46,47)/t28-,32+/m1/s1. The van der Waals surface area contributed by atoms with Gasteiger partial charge in [-0.25, -0.2) is 32.6 Å². The van der Waals surface area contributed by atoms with Gasteiger partial charge in [-0.3, -0.25) is 0 Å². The number of nitrogens with one attached hydrogen (secondary N) is 1. The molecule has 3 heterocycles. The number of piperidine rings is 1. The molecule has 0 unspecified atom stereocenters. The van der Waals surface area contributed by atoms with Crippen LogP contribution in [0, 0.1) is 18.7 Å². The number of carbonyl (C=O) groups is 1. The Morgan fingerprint density at radius 1 is 0.852 bits per heavy atom. The van der Waals surface area contributed by atoms with Crippen LogP contribution in [-0.2, 0) is 32.7 Å². The van der Waals surface area contributed by atoms with Gasteiger partial charge in [0.15, 0.2) is 9.84 Å². The number of aromatic nitrogens is 3. The first kappa shape index (κ1) is 36.5. The number of aryl methyl sites for hydroxylation is 1. The Labute approximate surface area is 313 Å².